The molecule has 0 spiro atoms. The third-order valence-electron chi connectivity index (χ3n) is 3.69. The zero-order valence-corrected chi connectivity index (χ0v) is 11.6. The summed E-state index contributed by atoms with van der Waals surface area (Å²) in [6.45, 7) is 2.52. The van der Waals surface area contributed by atoms with Gasteiger partial charge in [0.05, 0.1) is 12.1 Å². The van der Waals surface area contributed by atoms with Crippen LogP contribution in [0.4, 0.5) is 10.1 Å². The number of fused-ring (bicyclic) bond motifs is 1. The van der Waals surface area contributed by atoms with Crippen LogP contribution in [0.2, 0.25) is 0 Å². The van der Waals surface area contributed by atoms with Crippen molar-refractivity contribution in [3.05, 3.63) is 47.0 Å². The standard InChI is InChI=1S/C15H16FN3O/c1-10-12(9-18(2)17-10)8-15(20)19-6-5-11-7-13(16)3-4-14(11)19/h3-4,7,9H,5-6,8H2,1-2H3. The van der Waals surface area contributed by atoms with Crippen LogP contribution in [0, 0.1) is 12.7 Å². The Labute approximate surface area is 116 Å². The van der Waals surface area contributed by atoms with Gasteiger partial charge in [0.1, 0.15) is 5.82 Å². The Bertz CT molecular complexity index is 678. The van der Waals surface area contributed by atoms with Gasteiger partial charge in [0.15, 0.2) is 0 Å². The van der Waals surface area contributed by atoms with Gasteiger partial charge in [0.2, 0.25) is 5.91 Å². The second kappa shape index (κ2) is 4.74. The molecule has 0 atom stereocenters. The number of hydrogen-bond acceptors (Lipinski definition) is 2. The Morgan fingerprint density at radius 2 is 2.25 bits per heavy atom. The van der Waals surface area contributed by atoms with E-state index in [0.717, 1.165) is 22.5 Å². The van der Waals surface area contributed by atoms with Crippen LogP contribution < -0.4 is 4.90 Å². The number of halogens is 1. The first-order chi connectivity index (χ1) is 9.54. The summed E-state index contributed by atoms with van der Waals surface area (Å²) in [4.78, 5) is 14.2. The molecular formula is C15H16FN3O. The molecule has 0 bridgehead atoms. The maximum absolute atomic E-state index is 13.2. The summed E-state index contributed by atoms with van der Waals surface area (Å²) in [5.74, 6) is -0.215. The number of amides is 1. The number of benzene rings is 1. The average molecular weight is 273 g/mol. The molecular weight excluding hydrogens is 257 g/mol. The Morgan fingerprint density at radius 1 is 1.45 bits per heavy atom. The molecule has 1 aliphatic heterocycles. The van der Waals surface area contributed by atoms with E-state index >= 15 is 0 Å². The minimum Gasteiger partial charge on any atom is -0.312 e. The summed E-state index contributed by atoms with van der Waals surface area (Å²) < 4.78 is 14.9. The Balaban J connectivity index is 1.82. The van der Waals surface area contributed by atoms with Crippen molar-refractivity contribution >= 4 is 11.6 Å². The summed E-state index contributed by atoms with van der Waals surface area (Å²) in [6, 6.07) is 4.60. The van der Waals surface area contributed by atoms with Gasteiger partial charge in [-0.05, 0) is 37.1 Å². The number of carbonyl (C=O) groups is 1. The molecule has 2 heterocycles. The summed E-state index contributed by atoms with van der Waals surface area (Å²) in [6.07, 6.45) is 2.91. The zero-order valence-electron chi connectivity index (χ0n) is 11.6. The van der Waals surface area contributed by atoms with Crippen LogP contribution >= 0.6 is 0 Å². The number of anilines is 1. The fraction of sp³-hybridized carbons (Fsp3) is 0.333. The van der Waals surface area contributed by atoms with Crippen molar-refractivity contribution in [1.82, 2.24) is 9.78 Å². The number of aryl methyl sites for hydroxylation is 2. The van der Waals surface area contributed by atoms with Gasteiger partial charge in [-0.3, -0.25) is 9.48 Å². The molecule has 1 aliphatic rings. The molecule has 104 valence electrons. The van der Waals surface area contributed by atoms with E-state index in [4.69, 9.17) is 0 Å². The van der Waals surface area contributed by atoms with Gasteiger partial charge in [0.25, 0.3) is 0 Å². The number of aromatic nitrogens is 2. The third kappa shape index (κ3) is 2.19. The zero-order chi connectivity index (χ0) is 14.3. The van der Waals surface area contributed by atoms with Crippen molar-refractivity contribution < 1.29 is 9.18 Å². The van der Waals surface area contributed by atoms with Crippen molar-refractivity contribution in [1.29, 1.82) is 0 Å². The lowest BCUT2D eigenvalue weighted by molar-refractivity contribution is -0.117. The topological polar surface area (TPSA) is 38.1 Å². The van der Waals surface area contributed by atoms with Crippen LogP contribution in [0.5, 0.6) is 0 Å². The first-order valence-electron chi connectivity index (χ1n) is 6.62. The SMILES string of the molecule is Cc1nn(C)cc1CC(=O)N1CCc2cc(F)ccc21. The minimum absolute atomic E-state index is 0.0338. The van der Waals surface area contributed by atoms with Crippen molar-refractivity contribution in [3.63, 3.8) is 0 Å². The lowest BCUT2D eigenvalue weighted by Gasteiger charge is -2.17. The van der Waals surface area contributed by atoms with Crippen LogP contribution in [0.25, 0.3) is 0 Å². The Kier molecular flexibility index (Phi) is 3.04. The normalized spacial score (nSPS) is 13.7. The molecule has 0 saturated heterocycles. The molecule has 0 aliphatic carbocycles. The van der Waals surface area contributed by atoms with Gasteiger partial charge in [0, 0.05) is 31.0 Å². The fourth-order valence-electron chi connectivity index (χ4n) is 2.71. The molecule has 20 heavy (non-hydrogen) atoms. The first kappa shape index (κ1) is 12.8. The van der Waals surface area contributed by atoms with Crippen LogP contribution in [-0.4, -0.2) is 22.2 Å². The largest absolute Gasteiger partial charge is 0.312 e. The van der Waals surface area contributed by atoms with E-state index < -0.39 is 0 Å². The van der Waals surface area contributed by atoms with Gasteiger partial charge in [-0.25, -0.2) is 4.39 Å². The van der Waals surface area contributed by atoms with Crippen LogP contribution in [0.15, 0.2) is 24.4 Å². The number of nitrogens with zero attached hydrogens (tertiary/aromatic N) is 3. The van der Waals surface area contributed by atoms with Crippen molar-refractivity contribution in [2.45, 2.75) is 19.8 Å². The van der Waals surface area contributed by atoms with Gasteiger partial charge in [-0.15, -0.1) is 0 Å². The summed E-state index contributed by atoms with van der Waals surface area (Å²) in [5.41, 5.74) is 3.55. The van der Waals surface area contributed by atoms with Crippen molar-refractivity contribution in [2.24, 2.45) is 7.05 Å². The molecule has 0 radical (unpaired) electrons. The monoisotopic (exact) mass is 273 g/mol. The molecule has 0 N–H and O–H groups in total. The van der Waals surface area contributed by atoms with Crippen LogP contribution in [0.3, 0.4) is 0 Å². The quantitative estimate of drug-likeness (QED) is 0.839. The molecule has 1 amide bonds. The molecule has 4 nitrogen and oxygen atoms in total. The molecule has 0 unspecified atom stereocenters. The predicted octanol–water partition coefficient (Wildman–Crippen LogP) is 2.00. The maximum Gasteiger partial charge on any atom is 0.231 e. The lowest BCUT2D eigenvalue weighted by Crippen LogP contribution is -2.30. The van der Waals surface area contributed by atoms with Gasteiger partial charge >= 0.3 is 0 Å². The molecule has 0 fully saturated rings. The Morgan fingerprint density at radius 3 is 2.95 bits per heavy atom. The minimum atomic E-state index is -0.249. The smallest absolute Gasteiger partial charge is 0.231 e. The van der Waals surface area contributed by atoms with E-state index in [0.29, 0.717) is 19.4 Å². The molecule has 2 aromatic rings. The molecule has 1 aromatic carbocycles. The molecule has 3 rings (SSSR count). The maximum atomic E-state index is 13.2. The van der Waals surface area contributed by atoms with Gasteiger partial charge in [-0.1, -0.05) is 0 Å². The van der Waals surface area contributed by atoms with E-state index in [9.17, 15) is 9.18 Å². The van der Waals surface area contributed by atoms with Crippen molar-refractivity contribution in [2.75, 3.05) is 11.4 Å². The second-order valence-electron chi connectivity index (χ2n) is 5.16. The number of carbonyl (C=O) groups excluding carboxylic acids is 1. The van der Waals surface area contributed by atoms with E-state index in [1.807, 2.05) is 20.2 Å². The van der Waals surface area contributed by atoms with Crippen LogP contribution in [0.1, 0.15) is 16.8 Å². The summed E-state index contributed by atoms with van der Waals surface area (Å²) in [5, 5.41) is 4.24. The summed E-state index contributed by atoms with van der Waals surface area (Å²) in [7, 11) is 1.84. The van der Waals surface area contributed by atoms with E-state index in [1.54, 1.807) is 15.6 Å². The highest BCUT2D eigenvalue weighted by molar-refractivity contribution is 5.96. The second-order valence-corrected chi connectivity index (χ2v) is 5.16. The lowest BCUT2D eigenvalue weighted by atomic mass is 10.1. The fourth-order valence-corrected chi connectivity index (χ4v) is 2.71. The van der Waals surface area contributed by atoms with Gasteiger partial charge < -0.3 is 4.90 Å². The van der Waals surface area contributed by atoms with E-state index in [-0.39, 0.29) is 11.7 Å². The molecule has 1 aromatic heterocycles. The van der Waals surface area contributed by atoms with E-state index in [1.165, 1.54) is 12.1 Å². The molecule has 0 saturated carbocycles. The van der Waals surface area contributed by atoms with Crippen molar-refractivity contribution in [3.8, 4) is 0 Å². The first-order valence-corrected chi connectivity index (χ1v) is 6.62. The number of rotatable bonds is 2. The summed E-state index contributed by atoms with van der Waals surface area (Å²) >= 11 is 0. The highest BCUT2D eigenvalue weighted by Crippen LogP contribution is 2.29. The highest BCUT2D eigenvalue weighted by atomic mass is 19.1. The number of hydrogen-bond donors (Lipinski definition) is 0. The Hall–Kier alpha value is -2.17. The third-order valence-corrected chi connectivity index (χ3v) is 3.69. The van der Waals surface area contributed by atoms with E-state index in [2.05, 4.69) is 5.10 Å². The van der Waals surface area contributed by atoms with Gasteiger partial charge in [-0.2, -0.15) is 5.10 Å². The predicted molar refractivity (Wildman–Crippen MR) is 74.1 cm³/mol. The van der Waals surface area contributed by atoms with Crippen LogP contribution in [-0.2, 0) is 24.7 Å². The molecule has 5 heteroatoms. The average Bonchev–Trinajstić information content (AvgIpc) is 2.92. The highest BCUT2D eigenvalue weighted by Gasteiger charge is 2.25.